The maximum absolute atomic E-state index is 12.0. The molecule has 0 saturated carbocycles. The number of amides is 1. The van der Waals surface area contributed by atoms with Crippen LogP contribution in [-0.4, -0.2) is 21.6 Å². The summed E-state index contributed by atoms with van der Waals surface area (Å²) in [6, 6.07) is 1.87. The van der Waals surface area contributed by atoms with Crippen molar-refractivity contribution >= 4 is 17.6 Å². The monoisotopic (exact) mass is 232 g/mol. The Kier molecular flexibility index (Phi) is 2.92. The molecule has 1 unspecified atom stereocenters. The third-order valence-electron chi connectivity index (χ3n) is 2.83. The highest BCUT2D eigenvalue weighted by Gasteiger charge is 2.33. The zero-order chi connectivity index (χ0) is 12.6. The van der Waals surface area contributed by atoms with E-state index in [4.69, 9.17) is 0 Å². The molecule has 90 valence electrons. The molecule has 0 aliphatic carbocycles. The molecule has 1 aliphatic rings. The second kappa shape index (κ2) is 4.24. The molecule has 1 amide bonds. The van der Waals surface area contributed by atoms with Crippen LogP contribution in [0.1, 0.15) is 31.7 Å². The second-order valence-electron chi connectivity index (χ2n) is 4.27. The maximum atomic E-state index is 12.0. The van der Waals surface area contributed by atoms with E-state index in [0.29, 0.717) is 5.95 Å². The summed E-state index contributed by atoms with van der Waals surface area (Å²) in [5.41, 5.74) is 2.57. The molecule has 1 aromatic heterocycles. The standard InChI is InChI=1S/C12H16N4O/c1-5-10-9(4)11(17)16(15-10)12-13-7(2)6-8(3)14-12/h6,9H,5H2,1-4H3. The van der Waals surface area contributed by atoms with Crippen LogP contribution in [0.4, 0.5) is 5.95 Å². The molecule has 0 spiro atoms. The number of rotatable bonds is 2. The van der Waals surface area contributed by atoms with Crippen molar-refractivity contribution in [2.45, 2.75) is 34.1 Å². The predicted octanol–water partition coefficient (Wildman–Crippen LogP) is 1.84. The molecule has 0 aromatic carbocycles. The van der Waals surface area contributed by atoms with Gasteiger partial charge in [-0.25, -0.2) is 9.97 Å². The van der Waals surface area contributed by atoms with E-state index in [9.17, 15) is 4.79 Å². The Balaban J connectivity index is 2.41. The Morgan fingerprint density at radius 3 is 2.35 bits per heavy atom. The number of aromatic nitrogens is 2. The van der Waals surface area contributed by atoms with Crippen LogP contribution in [0.2, 0.25) is 0 Å². The summed E-state index contributed by atoms with van der Waals surface area (Å²) in [4.78, 5) is 20.5. The average Bonchev–Trinajstić information content (AvgIpc) is 2.54. The van der Waals surface area contributed by atoms with Gasteiger partial charge in [-0.1, -0.05) is 6.92 Å². The van der Waals surface area contributed by atoms with Crippen LogP contribution in [0, 0.1) is 19.8 Å². The van der Waals surface area contributed by atoms with E-state index in [1.807, 2.05) is 33.8 Å². The molecule has 5 nitrogen and oxygen atoms in total. The number of carbonyl (C=O) groups excluding carboxylic acids is 1. The van der Waals surface area contributed by atoms with Crippen LogP contribution >= 0.6 is 0 Å². The molecule has 5 heteroatoms. The minimum Gasteiger partial charge on any atom is -0.272 e. The van der Waals surface area contributed by atoms with Crippen LogP contribution < -0.4 is 5.01 Å². The summed E-state index contributed by atoms with van der Waals surface area (Å²) in [7, 11) is 0. The van der Waals surface area contributed by atoms with Gasteiger partial charge in [0, 0.05) is 11.4 Å². The van der Waals surface area contributed by atoms with Gasteiger partial charge in [0.2, 0.25) is 0 Å². The molecule has 1 aromatic rings. The lowest BCUT2D eigenvalue weighted by Crippen LogP contribution is -2.27. The number of nitrogens with zero attached hydrogens (tertiary/aromatic N) is 4. The van der Waals surface area contributed by atoms with E-state index < -0.39 is 0 Å². The zero-order valence-electron chi connectivity index (χ0n) is 10.6. The van der Waals surface area contributed by atoms with Crippen LogP contribution in [0.15, 0.2) is 11.2 Å². The molecule has 0 radical (unpaired) electrons. The van der Waals surface area contributed by atoms with E-state index in [0.717, 1.165) is 23.5 Å². The van der Waals surface area contributed by atoms with Crippen molar-refractivity contribution < 1.29 is 4.79 Å². The van der Waals surface area contributed by atoms with Crippen LogP contribution in [-0.2, 0) is 4.79 Å². The fourth-order valence-corrected chi connectivity index (χ4v) is 1.91. The van der Waals surface area contributed by atoms with Crippen molar-refractivity contribution in [3.8, 4) is 0 Å². The zero-order valence-corrected chi connectivity index (χ0v) is 10.6. The lowest BCUT2D eigenvalue weighted by molar-refractivity contribution is -0.119. The summed E-state index contributed by atoms with van der Waals surface area (Å²) in [6.07, 6.45) is 0.772. The van der Waals surface area contributed by atoms with E-state index in [2.05, 4.69) is 15.1 Å². The van der Waals surface area contributed by atoms with Gasteiger partial charge in [0.15, 0.2) is 0 Å². The number of hydrogen-bond donors (Lipinski definition) is 0. The molecule has 2 rings (SSSR count). The highest BCUT2D eigenvalue weighted by atomic mass is 16.2. The summed E-state index contributed by atoms with van der Waals surface area (Å²) >= 11 is 0. The first-order chi connectivity index (χ1) is 8.02. The quantitative estimate of drug-likeness (QED) is 0.781. The number of aryl methyl sites for hydroxylation is 2. The third-order valence-corrected chi connectivity index (χ3v) is 2.83. The van der Waals surface area contributed by atoms with E-state index in [1.165, 1.54) is 5.01 Å². The van der Waals surface area contributed by atoms with Crippen LogP contribution in [0.25, 0.3) is 0 Å². The topological polar surface area (TPSA) is 58.5 Å². The van der Waals surface area contributed by atoms with Gasteiger partial charge in [-0.05, 0) is 33.3 Å². The van der Waals surface area contributed by atoms with Gasteiger partial charge in [0.25, 0.3) is 11.9 Å². The molecular weight excluding hydrogens is 216 g/mol. The summed E-state index contributed by atoms with van der Waals surface area (Å²) in [6.45, 7) is 7.63. The molecule has 0 bridgehead atoms. The second-order valence-corrected chi connectivity index (χ2v) is 4.27. The van der Waals surface area contributed by atoms with Gasteiger partial charge < -0.3 is 0 Å². The van der Waals surface area contributed by atoms with Gasteiger partial charge in [0.05, 0.1) is 11.6 Å². The van der Waals surface area contributed by atoms with Gasteiger partial charge in [0.1, 0.15) is 0 Å². The summed E-state index contributed by atoms with van der Waals surface area (Å²) < 4.78 is 0. The minimum atomic E-state index is -0.163. The summed E-state index contributed by atoms with van der Waals surface area (Å²) in [5, 5.41) is 5.62. The predicted molar refractivity (Wildman–Crippen MR) is 65.9 cm³/mol. The number of anilines is 1. The number of carbonyl (C=O) groups is 1. The molecule has 0 fully saturated rings. The first-order valence-electron chi connectivity index (χ1n) is 5.76. The SMILES string of the molecule is CCC1=NN(c2nc(C)cc(C)n2)C(=O)C1C. The molecule has 0 N–H and O–H groups in total. The first-order valence-corrected chi connectivity index (χ1v) is 5.76. The van der Waals surface area contributed by atoms with E-state index >= 15 is 0 Å². The highest BCUT2D eigenvalue weighted by Crippen LogP contribution is 2.22. The van der Waals surface area contributed by atoms with Crippen LogP contribution in [0.5, 0.6) is 0 Å². The molecule has 2 heterocycles. The Morgan fingerprint density at radius 1 is 1.29 bits per heavy atom. The summed E-state index contributed by atoms with van der Waals surface area (Å²) in [5.74, 6) is 0.166. The first kappa shape index (κ1) is 11.7. The fourth-order valence-electron chi connectivity index (χ4n) is 1.91. The normalized spacial score (nSPS) is 19.8. The van der Waals surface area contributed by atoms with Crippen molar-refractivity contribution in [2.24, 2.45) is 11.0 Å². The molecular formula is C12H16N4O. The van der Waals surface area contributed by atoms with Crippen molar-refractivity contribution in [1.82, 2.24) is 9.97 Å². The van der Waals surface area contributed by atoms with E-state index in [-0.39, 0.29) is 11.8 Å². The van der Waals surface area contributed by atoms with Crippen molar-refractivity contribution in [3.05, 3.63) is 17.5 Å². The smallest absolute Gasteiger partial charge is 0.258 e. The van der Waals surface area contributed by atoms with Crippen molar-refractivity contribution in [1.29, 1.82) is 0 Å². The van der Waals surface area contributed by atoms with Crippen molar-refractivity contribution in [2.75, 3.05) is 5.01 Å². The Hall–Kier alpha value is -1.78. The fraction of sp³-hybridized carbons (Fsp3) is 0.500. The Labute approximate surface area is 101 Å². The number of hydrazone groups is 1. The molecule has 1 atom stereocenters. The van der Waals surface area contributed by atoms with Gasteiger partial charge in [-0.15, -0.1) is 0 Å². The molecule has 1 aliphatic heterocycles. The van der Waals surface area contributed by atoms with Gasteiger partial charge in [-0.3, -0.25) is 4.79 Å². The lowest BCUT2D eigenvalue weighted by atomic mass is 10.0. The Bertz CT molecular complexity index is 475. The van der Waals surface area contributed by atoms with E-state index in [1.54, 1.807) is 0 Å². The third kappa shape index (κ3) is 2.05. The Morgan fingerprint density at radius 2 is 1.88 bits per heavy atom. The number of hydrogen-bond acceptors (Lipinski definition) is 4. The largest absolute Gasteiger partial charge is 0.272 e. The van der Waals surface area contributed by atoms with Gasteiger partial charge in [-0.2, -0.15) is 10.1 Å². The van der Waals surface area contributed by atoms with Gasteiger partial charge >= 0.3 is 0 Å². The lowest BCUT2D eigenvalue weighted by Gasteiger charge is -2.11. The molecule has 0 saturated heterocycles. The van der Waals surface area contributed by atoms with Crippen molar-refractivity contribution in [3.63, 3.8) is 0 Å². The molecule has 17 heavy (non-hydrogen) atoms. The average molecular weight is 232 g/mol. The maximum Gasteiger partial charge on any atom is 0.258 e. The van der Waals surface area contributed by atoms with Crippen LogP contribution in [0.3, 0.4) is 0 Å². The minimum absolute atomic E-state index is 0.0492. The highest BCUT2D eigenvalue weighted by molar-refractivity contribution is 6.14.